The summed E-state index contributed by atoms with van der Waals surface area (Å²) in [6.45, 7) is 7.19. The molecule has 0 aliphatic carbocycles. The van der Waals surface area contributed by atoms with Gasteiger partial charge in [-0.15, -0.1) is 0 Å². The summed E-state index contributed by atoms with van der Waals surface area (Å²) in [6.07, 6.45) is 0.771. The van der Waals surface area contributed by atoms with Gasteiger partial charge in [0.1, 0.15) is 17.2 Å². The number of amides is 1. The predicted octanol–water partition coefficient (Wildman–Crippen LogP) is 3.95. The van der Waals surface area contributed by atoms with Gasteiger partial charge in [-0.25, -0.2) is 13.6 Å². The van der Waals surface area contributed by atoms with Crippen LogP contribution in [-0.4, -0.2) is 28.9 Å². The van der Waals surface area contributed by atoms with Crippen molar-refractivity contribution in [2.24, 2.45) is 0 Å². The number of carbonyl (C=O) groups is 1. The Morgan fingerprint density at radius 3 is 2.33 bits per heavy atom. The van der Waals surface area contributed by atoms with E-state index in [0.29, 0.717) is 12.0 Å². The number of aliphatic hydroxyl groups is 1. The lowest BCUT2D eigenvalue weighted by Crippen LogP contribution is -2.46. The van der Waals surface area contributed by atoms with Crippen LogP contribution in [0.5, 0.6) is 0 Å². The van der Waals surface area contributed by atoms with Crippen LogP contribution in [0.2, 0.25) is 0 Å². The van der Waals surface area contributed by atoms with Crippen molar-refractivity contribution in [2.75, 3.05) is 0 Å². The smallest absolute Gasteiger partial charge is 0.407 e. The lowest BCUT2D eigenvalue weighted by atomic mass is 9.97. The highest BCUT2D eigenvalue weighted by atomic mass is 19.1. The van der Waals surface area contributed by atoms with Gasteiger partial charge in [-0.1, -0.05) is 19.8 Å². The topological polar surface area (TPSA) is 58.6 Å². The maximum atomic E-state index is 13.4. The fourth-order valence-corrected chi connectivity index (χ4v) is 2.34. The van der Waals surface area contributed by atoms with Gasteiger partial charge in [0.25, 0.3) is 0 Å². The summed E-state index contributed by atoms with van der Waals surface area (Å²) in [7, 11) is 0. The third-order valence-electron chi connectivity index (χ3n) is 3.40. The van der Waals surface area contributed by atoms with Crippen molar-refractivity contribution in [1.82, 2.24) is 5.32 Å². The Morgan fingerprint density at radius 1 is 1.25 bits per heavy atom. The summed E-state index contributed by atoms with van der Waals surface area (Å²) in [5.41, 5.74) is -0.308. The van der Waals surface area contributed by atoms with Crippen LogP contribution >= 0.6 is 0 Å². The Morgan fingerprint density at radius 2 is 1.83 bits per heavy atom. The molecule has 4 nitrogen and oxygen atoms in total. The Kier molecular flexibility index (Phi) is 7.60. The molecule has 0 radical (unpaired) electrons. The van der Waals surface area contributed by atoms with Crippen molar-refractivity contribution in [3.63, 3.8) is 0 Å². The number of carbonyl (C=O) groups excluding carboxylic acids is 1. The molecule has 2 N–H and O–H groups in total. The first-order chi connectivity index (χ1) is 11.1. The zero-order chi connectivity index (χ0) is 18.3. The number of unbranched alkanes of at least 4 members (excludes halogenated alkanes) is 1. The molecule has 1 aromatic rings. The maximum absolute atomic E-state index is 13.4. The van der Waals surface area contributed by atoms with Crippen LogP contribution in [0.4, 0.5) is 13.6 Å². The quantitative estimate of drug-likeness (QED) is 0.788. The summed E-state index contributed by atoms with van der Waals surface area (Å²) >= 11 is 0. The van der Waals surface area contributed by atoms with Gasteiger partial charge >= 0.3 is 6.09 Å². The first kappa shape index (κ1) is 20.4. The van der Waals surface area contributed by atoms with E-state index in [1.807, 2.05) is 6.92 Å². The normalized spacial score (nSPS) is 14.1. The van der Waals surface area contributed by atoms with Crippen molar-refractivity contribution in [3.8, 4) is 0 Å². The highest BCUT2D eigenvalue weighted by molar-refractivity contribution is 5.68. The fraction of sp³-hybridized carbons (Fsp3) is 0.611. The average Bonchev–Trinajstić information content (AvgIpc) is 2.40. The predicted molar refractivity (Wildman–Crippen MR) is 88.8 cm³/mol. The number of hydrogen-bond donors (Lipinski definition) is 2. The number of hydrogen-bond acceptors (Lipinski definition) is 3. The fourth-order valence-electron chi connectivity index (χ4n) is 2.34. The number of rotatable bonds is 7. The second-order valence-electron chi connectivity index (χ2n) is 6.94. The molecule has 136 valence electrons. The molecule has 0 heterocycles. The molecule has 0 bridgehead atoms. The van der Waals surface area contributed by atoms with Crippen LogP contribution in [-0.2, 0) is 11.2 Å². The van der Waals surface area contributed by atoms with Crippen LogP contribution in [0.1, 0.15) is 52.5 Å². The van der Waals surface area contributed by atoms with E-state index in [-0.39, 0.29) is 6.42 Å². The Labute approximate surface area is 142 Å². The van der Waals surface area contributed by atoms with Gasteiger partial charge < -0.3 is 15.2 Å². The highest BCUT2D eigenvalue weighted by Gasteiger charge is 2.25. The van der Waals surface area contributed by atoms with Gasteiger partial charge in [-0.3, -0.25) is 0 Å². The standard InChI is InChI=1S/C18H27F2NO3/c1-5-6-7-16(22)15(21-17(23)24-18(2,3)4)10-12-8-13(19)11-14(20)9-12/h8-9,11,15-16,22H,5-7,10H2,1-4H3,(H,21,23)/t15-,16+/m1/s1. The van der Waals surface area contributed by atoms with Crippen molar-refractivity contribution in [1.29, 1.82) is 0 Å². The lowest BCUT2D eigenvalue weighted by molar-refractivity contribution is 0.0411. The number of halogens is 2. The molecule has 6 heteroatoms. The van der Waals surface area contributed by atoms with Gasteiger partial charge in [0, 0.05) is 6.07 Å². The molecule has 1 aromatic carbocycles. The molecule has 0 saturated heterocycles. The summed E-state index contributed by atoms with van der Waals surface area (Å²) in [6, 6.07) is 2.49. The molecular weight excluding hydrogens is 316 g/mol. The summed E-state index contributed by atoms with van der Waals surface area (Å²) < 4.78 is 31.9. The minimum atomic E-state index is -0.830. The Balaban J connectivity index is 2.85. The number of ether oxygens (including phenoxy) is 1. The van der Waals surface area contributed by atoms with E-state index in [0.717, 1.165) is 18.9 Å². The first-order valence-corrected chi connectivity index (χ1v) is 8.23. The molecule has 2 atom stereocenters. The van der Waals surface area contributed by atoms with E-state index in [1.54, 1.807) is 20.8 Å². The minimum absolute atomic E-state index is 0.110. The van der Waals surface area contributed by atoms with Gasteiger partial charge in [0.2, 0.25) is 0 Å². The van der Waals surface area contributed by atoms with Crippen molar-refractivity contribution < 1.29 is 23.4 Å². The molecule has 0 fully saturated rings. The number of benzene rings is 1. The van der Waals surface area contributed by atoms with E-state index in [1.165, 1.54) is 12.1 Å². The van der Waals surface area contributed by atoms with Crippen LogP contribution in [0.3, 0.4) is 0 Å². The van der Waals surface area contributed by atoms with Crippen LogP contribution < -0.4 is 5.32 Å². The van der Waals surface area contributed by atoms with Crippen LogP contribution in [0.25, 0.3) is 0 Å². The monoisotopic (exact) mass is 343 g/mol. The van der Waals surface area contributed by atoms with Crippen molar-refractivity contribution in [3.05, 3.63) is 35.4 Å². The number of aliphatic hydroxyl groups excluding tert-OH is 1. The zero-order valence-corrected chi connectivity index (χ0v) is 14.7. The molecule has 1 rings (SSSR count). The second kappa shape index (κ2) is 8.97. The minimum Gasteiger partial charge on any atom is -0.444 e. The summed E-state index contributed by atoms with van der Waals surface area (Å²) in [5.74, 6) is -1.38. The average molecular weight is 343 g/mol. The summed E-state index contributed by atoms with van der Waals surface area (Å²) in [5, 5.41) is 12.9. The number of alkyl carbamates (subject to hydrolysis) is 1. The SMILES string of the molecule is CCCC[C@H](O)[C@@H](Cc1cc(F)cc(F)c1)NC(=O)OC(C)(C)C. The van der Waals surface area contributed by atoms with Gasteiger partial charge in [-0.05, 0) is 51.3 Å². The van der Waals surface area contributed by atoms with Crippen LogP contribution in [0.15, 0.2) is 18.2 Å². The third kappa shape index (κ3) is 7.73. The Hall–Kier alpha value is -1.69. The molecule has 0 spiro atoms. The van der Waals surface area contributed by atoms with Crippen molar-refractivity contribution in [2.45, 2.75) is 71.1 Å². The largest absolute Gasteiger partial charge is 0.444 e. The zero-order valence-electron chi connectivity index (χ0n) is 14.7. The van der Waals surface area contributed by atoms with Gasteiger partial charge in [0.15, 0.2) is 0 Å². The molecule has 0 aromatic heterocycles. The summed E-state index contributed by atoms with van der Waals surface area (Å²) in [4.78, 5) is 12.0. The molecule has 0 saturated carbocycles. The highest BCUT2D eigenvalue weighted by Crippen LogP contribution is 2.15. The number of nitrogens with one attached hydrogen (secondary N) is 1. The maximum Gasteiger partial charge on any atom is 0.407 e. The Bertz CT molecular complexity index is 523. The molecule has 1 amide bonds. The van der Waals surface area contributed by atoms with E-state index >= 15 is 0 Å². The second-order valence-corrected chi connectivity index (χ2v) is 6.94. The molecule has 24 heavy (non-hydrogen) atoms. The molecule has 0 unspecified atom stereocenters. The van der Waals surface area contributed by atoms with Crippen molar-refractivity contribution >= 4 is 6.09 Å². The lowest BCUT2D eigenvalue weighted by Gasteiger charge is -2.27. The van der Waals surface area contributed by atoms with E-state index in [2.05, 4.69) is 5.32 Å². The van der Waals surface area contributed by atoms with Gasteiger partial charge in [0.05, 0.1) is 12.1 Å². The van der Waals surface area contributed by atoms with Gasteiger partial charge in [-0.2, -0.15) is 0 Å². The third-order valence-corrected chi connectivity index (χ3v) is 3.40. The van der Waals surface area contributed by atoms with Crippen LogP contribution in [0, 0.1) is 11.6 Å². The van der Waals surface area contributed by atoms with E-state index in [4.69, 9.17) is 4.74 Å². The molecular formula is C18H27F2NO3. The van der Waals surface area contributed by atoms with E-state index in [9.17, 15) is 18.7 Å². The molecule has 0 aliphatic heterocycles. The molecule has 0 aliphatic rings. The van der Waals surface area contributed by atoms with E-state index < -0.39 is 35.5 Å². The first-order valence-electron chi connectivity index (χ1n) is 8.23.